The highest BCUT2D eigenvalue weighted by atomic mass is 16.3. The molecule has 350 valence electrons. The molecule has 0 saturated heterocycles. The molecule has 0 radical (unpaired) electrons. The van der Waals surface area contributed by atoms with Gasteiger partial charge in [-0.15, -0.1) is 0 Å². The summed E-state index contributed by atoms with van der Waals surface area (Å²) in [6, 6.07) is 98.5. The van der Waals surface area contributed by atoms with Gasteiger partial charge in [-0.1, -0.05) is 206 Å². The molecule has 0 unspecified atom stereocenters. The molecule has 1 aromatic heterocycles. The van der Waals surface area contributed by atoms with E-state index in [9.17, 15) is 0 Å². The summed E-state index contributed by atoms with van der Waals surface area (Å²) < 4.78 is 6.58. The van der Waals surface area contributed by atoms with Gasteiger partial charge in [0.15, 0.2) is 0 Å². The number of rotatable bonds is 3. The Balaban J connectivity index is 0.949. The minimum Gasteiger partial charge on any atom is -0.456 e. The fourth-order valence-electron chi connectivity index (χ4n) is 15.3. The molecule has 76 heavy (non-hydrogen) atoms. The van der Waals surface area contributed by atoms with Crippen LogP contribution >= 0.6 is 0 Å². The van der Waals surface area contributed by atoms with Crippen molar-refractivity contribution in [2.45, 2.75) is 10.8 Å². The summed E-state index contributed by atoms with van der Waals surface area (Å²) in [6.45, 7) is 0. The van der Waals surface area contributed by atoms with Crippen LogP contribution in [0.3, 0.4) is 0 Å². The molecule has 2 heteroatoms. The van der Waals surface area contributed by atoms with Crippen LogP contribution in [0.1, 0.15) is 44.5 Å². The summed E-state index contributed by atoms with van der Waals surface area (Å²) >= 11 is 0. The van der Waals surface area contributed by atoms with E-state index in [0.717, 1.165) is 39.0 Å². The minimum atomic E-state index is -0.501. The van der Waals surface area contributed by atoms with E-state index >= 15 is 0 Å². The third kappa shape index (κ3) is 4.85. The molecule has 18 rings (SSSR count). The van der Waals surface area contributed by atoms with E-state index in [1.807, 2.05) is 0 Å². The summed E-state index contributed by atoms with van der Waals surface area (Å²) in [5, 5.41) is 9.62. The third-order valence-corrected chi connectivity index (χ3v) is 18.1. The van der Waals surface area contributed by atoms with E-state index in [-0.39, 0.29) is 0 Å². The number of para-hydroxylation sites is 1. The summed E-state index contributed by atoms with van der Waals surface area (Å²) in [5.74, 6) is 0. The summed E-state index contributed by atoms with van der Waals surface area (Å²) in [6.07, 6.45) is 0. The van der Waals surface area contributed by atoms with E-state index in [0.29, 0.717) is 0 Å². The minimum absolute atomic E-state index is 0.501. The Kier molecular flexibility index (Phi) is 7.77. The monoisotopic (exact) mass is 961 g/mol. The van der Waals surface area contributed by atoms with Gasteiger partial charge >= 0.3 is 0 Å². The zero-order valence-electron chi connectivity index (χ0n) is 41.2. The summed E-state index contributed by atoms with van der Waals surface area (Å²) in [4.78, 5) is 2.56. The van der Waals surface area contributed by atoms with Crippen LogP contribution in [0.25, 0.3) is 98.8 Å². The lowest BCUT2D eigenvalue weighted by molar-refractivity contribution is 0.669. The fourth-order valence-corrected chi connectivity index (χ4v) is 15.3. The van der Waals surface area contributed by atoms with Crippen molar-refractivity contribution in [3.8, 4) is 44.5 Å². The first-order chi connectivity index (χ1) is 37.7. The van der Waals surface area contributed by atoms with Gasteiger partial charge in [-0.25, -0.2) is 0 Å². The lowest BCUT2D eigenvalue weighted by Gasteiger charge is -2.33. The molecular weight excluding hydrogens is 919 g/mol. The zero-order valence-corrected chi connectivity index (χ0v) is 41.2. The maximum Gasteiger partial charge on any atom is 0.136 e. The maximum absolute atomic E-state index is 6.58. The Morgan fingerprint density at radius 1 is 0.224 bits per heavy atom. The first-order valence-corrected chi connectivity index (χ1v) is 26.6. The lowest BCUT2D eigenvalue weighted by atomic mass is 9.70. The number of anilines is 3. The molecule has 1 heterocycles. The average Bonchev–Trinajstić information content (AvgIpc) is 4.45. The number of benzene rings is 13. The van der Waals surface area contributed by atoms with Crippen LogP contribution in [0.2, 0.25) is 0 Å². The molecule has 13 aromatic carbocycles. The van der Waals surface area contributed by atoms with Gasteiger partial charge in [0, 0.05) is 33.2 Å². The number of hydrogen-bond acceptors (Lipinski definition) is 2. The number of furan rings is 1. The summed E-state index contributed by atoms with van der Waals surface area (Å²) in [5.41, 5.74) is 25.1. The largest absolute Gasteiger partial charge is 0.456 e. The highest BCUT2D eigenvalue weighted by Gasteiger charge is 2.53. The number of nitrogens with zero attached hydrogens (tertiary/aromatic N) is 1. The van der Waals surface area contributed by atoms with Crippen LogP contribution in [0, 0.1) is 0 Å². The van der Waals surface area contributed by atoms with Crippen molar-refractivity contribution < 1.29 is 4.42 Å². The number of hydrogen-bond donors (Lipinski definition) is 0. The molecule has 0 fully saturated rings. The maximum atomic E-state index is 6.58. The SMILES string of the molecule is c1ccc2c(c1)-c1ccccc1C21c2ccccc2-c2ccc(N(c3ccc4c(c3)C3(c5ccccc5-c5ccccc53)c3ccccc3-4)c3ccc4c5ccccc5c5c(ccc6oc7ccccc7c65)c4c3)cc21. The molecule has 0 bridgehead atoms. The smallest absolute Gasteiger partial charge is 0.136 e. The highest BCUT2D eigenvalue weighted by molar-refractivity contribution is 6.34. The standard InChI is InChI=1S/C74H43NO/c1-2-24-57-47(17-1)48-36-33-44(41-60(48)58-39-40-70-72(71(57)58)59-25-9-16-32-69(59)76-70)75(45-34-37-55-53-22-7-14-30-65(53)73(67(55)42-45)61-26-10-3-18-49(61)50-19-4-11-27-62(50)73)46-35-38-56-54-23-8-15-31-66(54)74(68(56)43-46)63-28-12-5-20-51(63)52-21-6-13-29-64(52)74/h1-43H. The van der Waals surface area contributed by atoms with Gasteiger partial charge in [0.1, 0.15) is 11.2 Å². The van der Waals surface area contributed by atoms with Crippen LogP contribution in [0.5, 0.6) is 0 Å². The Bertz CT molecular complexity index is 4590. The van der Waals surface area contributed by atoms with Crippen molar-refractivity contribution in [1.82, 2.24) is 0 Å². The average molecular weight is 962 g/mol. The van der Waals surface area contributed by atoms with Gasteiger partial charge in [-0.3, -0.25) is 0 Å². The highest BCUT2D eigenvalue weighted by Crippen LogP contribution is 2.65. The normalized spacial score (nSPS) is 14.3. The van der Waals surface area contributed by atoms with E-state index in [1.54, 1.807) is 0 Å². The van der Waals surface area contributed by atoms with Crippen LogP contribution in [-0.2, 0) is 10.8 Å². The van der Waals surface area contributed by atoms with Crippen LogP contribution in [0.4, 0.5) is 17.1 Å². The molecule has 0 N–H and O–H groups in total. The predicted molar refractivity (Wildman–Crippen MR) is 314 cm³/mol. The summed E-state index contributed by atoms with van der Waals surface area (Å²) in [7, 11) is 0. The molecule has 4 aliphatic carbocycles. The molecule has 0 atom stereocenters. The Morgan fingerprint density at radius 3 is 1.05 bits per heavy atom. The Hall–Kier alpha value is -9.76. The molecule has 0 saturated carbocycles. The van der Waals surface area contributed by atoms with Crippen molar-refractivity contribution in [2.75, 3.05) is 4.90 Å². The van der Waals surface area contributed by atoms with Crippen molar-refractivity contribution in [2.24, 2.45) is 0 Å². The third-order valence-electron chi connectivity index (χ3n) is 18.1. The van der Waals surface area contributed by atoms with Crippen LogP contribution < -0.4 is 4.90 Å². The van der Waals surface area contributed by atoms with Gasteiger partial charge in [-0.05, 0) is 171 Å². The number of fused-ring (bicyclic) bond motifs is 30. The van der Waals surface area contributed by atoms with Gasteiger partial charge in [-0.2, -0.15) is 0 Å². The van der Waals surface area contributed by atoms with Crippen molar-refractivity contribution in [3.63, 3.8) is 0 Å². The molecule has 14 aromatic rings. The first-order valence-electron chi connectivity index (χ1n) is 26.6. The van der Waals surface area contributed by atoms with Crippen LogP contribution in [0.15, 0.2) is 265 Å². The van der Waals surface area contributed by atoms with Crippen molar-refractivity contribution >= 4 is 71.3 Å². The molecule has 4 aliphatic rings. The topological polar surface area (TPSA) is 16.4 Å². The molecule has 2 spiro atoms. The second-order valence-electron chi connectivity index (χ2n) is 21.3. The Labute approximate surface area is 439 Å². The molecule has 0 amide bonds. The van der Waals surface area contributed by atoms with Crippen LogP contribution in [-0.4, -0.2) is 0 Å². The van der Waals surface area contributed by atoms with Gasteiger partial charge in [0.2, 0.25) is 0 Å². The van der Waals surface area contributed by atoms with Gasteiger partial charge in [0.05, 0.1) is 10.8 Å². The van der Waals surface area contributed by atoms with E-state index < -0.39 is 10.8 Å². The van der Waals surface area contributed by atoms with E-state index in [2.05, 4.69) is 266 Å². The molecular formula is C74H43NO. The van der Waals surface area contributed by atoms with E-state index in [1.165, 1.54) is 121 Å². The second kappa shape index (κ2) is 14.5. The van der Waals surface area contributed by atoms with Gasteiger partial charge in [0.25, 0.3) is 0 Å². The lowest BCUT2D eigenvalue weighted by Crippen LogP contribution is -2.26. The van der Waals surface area contributed by atoms with Crippen molar-refractivity contribution in [3.05, 3.63) is 305 Å². The quantitative estimate of drug-likeness (QED) is 0.164. The molecule has 2 nitrogen and oxygen atoms in total. The van der Waals surface area contributed by atoms with Crippen molar-refractivity contribution in [1.29, 1.82) is 0 Å². The fraction of sp³-hybridized carbons (Fsp3) is 0.0270. The molecule has 0 aliphatic heterocycles. The van der Waals surface area contributed by atoms with Gasteiger partial charge < -0.3 is 9.32 Å². The Morgan fingerprint density at radius 2 is 0.566 bits per heavy atom. The zero-order chi connectivity index (χ0) is 49.4. The van der Waals surface area contributed by atoms with E-state index in [4.69, 9.17) is 4.42 Å². The second-order valence-corrected chi connectivity index (χ2v) is 21.3. The predicted octanol–water partition coefficient (Wildman–Crippen LogP) is 19.2. The first kappa shape index (κ1) is 40.7.